The van der Waals surface area contributed by atoms with Gasteiger partial charge in [-0.2, -0.15) is 0 Å². The van der Waals surface area contributed by atoms with Crippen molar-refractivity contribution in [2.75, 3.05) is 6.54 Å². The largest absolute Gasteiger partial charge is 0.483 e. The molecule has 0 fully saturated rings. The van der Waals surface area contributed by atoms with E-state index in [4.69, 9.17) is 10.5 Å². The maximum Gasteiger partial charge on any atom is 0.145 e. The van der Waals surface area contributed by atoms with Crippen LogP contribution in [-0.4, -0.2) is 6.54 Å². The predicted octanol–water partition coefficient (Wildman–Crippen LogP) is 4.04. The summed E-state index contributed by atoms with van der Waals surface area (Å²) >= 11 is 4.95. The Kier molecular flexibility index (Phi) is 4.37. The molecule has 0 saturated heterocycles. The summed E-state index contributed by atoms with van der Waals surface area (Å²) < 4.78 is 20.1. The minimum Gasteiger partial charge on any atom is -0.483 e. The minimum atomic E-state index is -0.268. The van der Waals surface area contributed by atoms with Crippen molar-refractivity contribution in [2.24, 2.45) is 5.73 Å². The highest BCUT2D eigenvalue weighted by atomic mass is 79.9. The molecule has 0 bridgehead atoms. The molecule has 1 heterocycles. The summed E-state index contributed by atoms with van der Waals surface area (Å²) in [6.45, 7) is 2.07. The molecule has 0 radical (unpaired) electrons. The monoisotopic (exact) mass is 329 g/mol. The average Bonchev–Trinajstić information content (AvgIpc) is 2.77. The van der Waals surface area contributed by atoms with Crippen LogP contribution in [0.4, 0.5) is 4.39 Å². The molecule has 2 rings (SSSR count). The molecule has 0 spiro atoms. The van der Waals surface area contributed by atoms with Gasteiger partial charge in [0.2, 0.25) is 0 Å². The topological polar surface area (TPSA) is 35.2 Å². The second kappa shape index (κ2) is 5.82. The van der Waals surface area contributed by atoms with E-state index in [1.54, 1.807) is 30.4 Å². The molecule has 96 valence electrons. The van der Waals surface area contributed by atoms with Crippen molar-refractivity contribution < 1.29 is 9.13 Å². The first-order valence-corrected chi connectivity index (χ1v) is 7.14. The molecule has 18 heavy (non-hydrogen) atoms. The third kappa shape index (κ3) is 3.10. The van der Waals surface area contributed by atoms with Crippen molar-refractivity contribution in [2.45, 2.75) is 13.0 Å². The van der Waals surface area contributed by atoms with Gasteiger partial charge in [-0.25, -0.2) is 4.39 Å². The van der Waals surface area contributed by atoms with Crippen LogP contribution in [0.1, 0.15) is 16.5 Å². The van der Waals surface area contributed by atoms with Crippen molar-refractivity contribution >= 4 is 27.3 Å². The molecule has 2 nitrogen and oxygen atoms in total. The number of hydrogen-bond donors (Lipinski definition) is 1. The summed E-state index contributed by atoms with van der Waals surface area (Å²) in [7, 11) is 0. The second-order valence-electron chi connectivity index (χ2n) is 3.92. The highest BCUT2D eigenvalue weighted by Gasteiger charge is 2.14. The van der Waals surface area contributed by atoms with Gasteiger partial charge in [0, 0.05) is 27.3 Å². The standard InChI is InChI=1S/C13H13BrFNOS/c1-8-2-3-10(5-11(8)15)17-12(6-16)13-4-9(14)7-18-13/h2-5,7,12H,6,16H2,1H3. The molecule has 1 aromatic carbocycles. The van der Waals surface area contributed by atoms with Crippen molar-refractivity contribution in [1.82, 2.24) is 0 Å². The summed E-state index contributed by atoms with van der Waals surface area (Å²) in [5.74, 6) is 0.230. The van der Waals surface area contributed by atoms with Gasteiger partial charge in [0.1, 0.15) is 17.7 Å². The van der Waals surface area contributed by atoms with Crippen molar-refractivity contribution in [1.29, 1.82) is 0 Å². The van der Waals surface area contributed by atoms with Gasteiger partial charge in [-0.1, -0.05) is 6.07 Å². The predicted molar refractivity (Wildman–Crippen MR) is 75.6 cm³/mol. The molecule has 0 aliphatic heterocycles. The van der Waals surface area contributed by atoms with Gasteiger partial charge >= 0.3 is 0 Å². The quantitative estimate of drug-likeness (QED) is 0.918. The molecule has 1 unspecified atom stereocenters. The third-order valence-corrected chi connectivity index (χ3v) is 4.33. The van der Waals surface area contributed by atoms with E-state index < -0.39 is 0 Å². The SMILES string of the molecule is Cc1ccc(OC(CN)c2cc(Br)cs2)cc1F. The van der Waals surface area contributed by atoms with Crippen LogP contribution in [0, 0.1) is 12.7 Å². The van der Waals surface area contributed by atoms with E-state index in [1.807, 2.05) is 11.4 Å². The van der Waals surface area contributed by atoms with Crippen LogP contribution in [0.15, 0.2) is 34.1 Å². The fourth-order valence-electron chi connectivity index (χ4n) is 1.53. The minimum absolute atomic E-state index is 0.247. The van der Waals surface area contributed by atoms with E-state index in [0.29, 0.717) is 17.9 Å². The molecule has 0 aliphatic carbocycles. The van der Waals surface area contributed by atoms with Crippen LogP contribution < -0.4 is 10.5 Å². The Morgan fingerprint density at radius 2 is 2.22 bits per heavy atom. The Morgan fingerprint density at radius 1 is 1.44 bits per heavy atom. The zero-order valence-corrected chi connectivity index (χ0v) is 12.2. The summed E-state index contributed by atoms with van der Waals surface area (Å²) in [5.41, 5.74) is 6.30. The van der Waals surface area contributed by atoms with Crippen LogP contribution in [0.2, 0.25) is 0 Å². The van der Waals surface area contributed by atoms with Crippen molar-refractivity contribution in [3.05, 3.63) is 50.4 Å². The van der Waals surface area contributed by atoms with E-state index in [-0.39, 0.29) is 11.9 Å². The lowest BCUT2D eigenvalue weighted by Gasteiger charge is -2.16. The Balaban J connectivity index is 2.17. The zero-order valence-electron chi connectivity index (χ0n) is 9.82. The van der Waals surface area contributed by atoms with Gasteiger partial charge in [-0.3, -0.25) is 0 Å². The molecular formula is C13H13BrFNOS. The number of aryl methyl sites for hydroxylation is 1. The van der Waals surface area contributed by atoms with Crippen LogP contribution in [0.5, 0.6) is 5.75 Å². The first-order chi connectivity index (χ1) is 8.60. The Bertz CT molecular complexity index is 544. The maximum absolute atomic E-state index is 13.4. The third-order valence-electron chi connectivity index (χ3n) is 2.54. The zero-order chi connectivity index (χ0) is 13.1. The highest BCUT2D eigenvalue weighted by molar-refractivity contribution is 9.10. The van der Waals surface area contributed by atoms with Gasteiger partial charge < -0.3 is 10.5 Å². The molecular weight excluding hydrogens is 317 g/mol. The molecule has 0 saturated carbocycles. The van der Waals surface area contributed by atoms with Crippen LogP contribution >= 0.6 is 27.3 Å². The molecule has 2 N–H and O–H groups in total. The second-order valence-corrected chi connectivity index (χ2v) is 5.78. The lowest BCUT2D eigenvalue weighted by Crippen LogP contribution is -2.17. The van der Waals surface area contributed by atoms with Gasteiger partial charge in [-0.05, 0) is 40.5 Å². The first kappa shape index (κ1) is 13.5. The van der Waals surface area contributed by atoms with Crippen molar-refractivity contribution in [3.8, 4) is 5.75 Å². The van der Waals surface area contributed by atoms with Crippen LogP contribution in [-0.2, 0) is 0 Å². The lowest BCUT2D eigenvalue weighted by atomic mass is 10.2. The van der Waals surface area contributed by atoms with E-state index in [2.05, 4.69) is 15.9 Å². The summed E-state index contributed by atoms with van der Waals surface area (Å²) in [5, 5.41) is 1.97. The van der Waals surface area contributed by atoms with Gasteiger partial charge in [-0.15, -0.1) is 11.3 Å². The molecule has 1 atom stereocenters. The average molecular weight is 330 g/mol. The first-order valence-electron chi connectivity index (χ1n) is 5.47. The molecule has 0 aliphatic rings. The van der Waals surface area contributed by atoms with Crippen molar-refractivity contribution in [3.63, 3.8) is 0 Å². The Hall–Kier alpha value is -0.910. The van der Waals surface area contributed by atoms with Gasteiger partial charge in [0.15, 0.2) is 0 Å². The number of rotatable bonds is 4. The highest BCUT2D eigenvalue weighted by Crippen LogP contribution is 2.29. The number of benzene rings is 1. The molecule has 5 heteroatoms. The Morgan fingerprint density at radius 3 is 2.78 bits per heavy atom. The van der Waals surface area contributed by atoms with Crippen LogP contribution in [0.3, 0.4) is 0 Å². The Labute approximate surface area is 118 Å². The van der Waals surface area contributed by atoms with E-state index in [1.165, 1.54) is 6.07 Å². The smallest absolute Gasteiger partial charge is 0.145 e. The molecule has 2 aromatic rings. The fourth-order valence-corrected chi connectivity index (χ4v) is 3.02. The molecule has 0 amide bonds. The van der Waals surface area contributed by atoms with E-state index >= 15 is 0 Å². The lowest BCUT2D eigenvalue weighted by molar-refractivity contribution is 0.217. The summed E-state index contributed by atoms with van der Waals surface area (Å²) in [6.07, 6.45) is -0.247. The normalized spacial score (nSPS) is 12.4. The number of nitrogens with two attached hydrogens (primary N) is 1. The van der Waals surface area contributed by atoms with Gasteiger partial charge in [0.25, 0.3) is 0 Å². The van der Waals surface area contributed by atoms with Gasteiger partial charge in [0.05, 0.1) is 0 Å². The summed E-state index contributed by atoms with van der Waals surface area (Å²) in [6, 6.07) is 6.81. The van der Waals surface area contributed by atoms with E-state index in [9.17, 15) is 4.39 Å². The number of ether oxygens (including phenoxy) is 1. The van der Waals surface area contributed by atoms with E-state index in [0.717, 1.165) is 9.35 Å². The number of hydrogen-bond acceptors (Lipinski definition) is 3. The summed E-state index contributed by atoms with van der Waals surface area (Å²) in [4.78, 5) is 1.02. The maximum atomic E-state index is 13.4. The fraction of sp³-hybridized carbons (Fsp3) is 0.231. The molecule has 1 aromatic heterocycles. The number of thiophene rings is 1. The van der Waals surface area contributed by atoms with Crippen LogP contribution in [0.25, 0.3) is 0 Å². The number of halogens is 2.